The molecule has 0 bridgehead atoms. The lowest BCUT2D eigenvalue weighted by molar-refractivity contribution is -0.906. The number of carbonyl (C=O) groups is 1. The van der Waals surface area contributed by atoms with Crippen molar-refractivity contribution in [1.82, 2.24) is 19.9 Å². The highest BCUT2D eigenvalue weighted by Crippen LogP contribution is 2.20. The number of amides is 1. The first kappa shape index (κ1) is 20.5. The number of carbonyl (C=O) groups excluding carboxylic acids is 1. The van der Waals surface area contributed by atoms with E-state index in [-0.39, 0.29) is 5.91 Å². The van der Waals surface area contributed by atoms with Crippen LogP contribution in [0.1, 0.15) is 38.4 Å². The number of morpholine rings is 1. The van der Waals surface area contributed by atoms with Crippen LogP contribution in [0.15, 0.2) is 30.5 Å². The average Bonchev–Trinajstić information content (AvgIpc) is 3.17. The fourth-order valence-electron chi connectivity index (χ4n) is 4.00. The standard InChI is InChI=1S/C23H29N5O2/c1-16-4-6-19(7-5-16)14-20-17(2)26-22-21(15-25-28(22)18(20)3)23(29)24-8-9-27-10-12-30-13-11-27/h4-7,15H,8-14H2,1-3H3,(H,24,29)/p+1. The summed E-state index contributed by atoms with van der Waals surface area (Å²) in [6.07, 6.45) is 2.42. The summed E-state index contributed by atoms with van der Waals surface area (Å²) >= 11 is 0. The number of ether oxygens (including phenoxy) is 1. The molecule has 0 spiro atoms. The van der Waals surface area contributed by atoms with Gasteiger partial charge < -0.3 is 15.0 Å². The van der Waals surface area contributed by atoms with E-state index in [1.54, 1.807) is 10.7 Å². The summed E-state index contributed by atoms with van der Waals surface area (Å²) in [7, 11) is 0. The lowest BCUT2D eigenvalue weighted by Crippen LogP contribution is -3.14. The van der Waals surface area contributed by atoms with Gasteiger partial charge in [-0.1, -0.05) is 29.8 Å². The molecule has 1 aliphatic rings. The minimum Gasteiger partial charge on any atom is -0.370 e. The van der Waals surface area contributed by atoms with Gasteiger partial charge >= 0.3 is 0 Å². The minimum absolute atomic E-state index is 0.116. The summed E-state index contributed by atoms with van der Waals surface area (Å²) in [5, 5.41) is 7.50. The van der Waals surface area contributed by atoms with Crippen LogP contribution < -0.4 is 10.2 Å². The zero-order valence-corrected chi connectivity index (χ0v) is 18.0. The summed E-state index contributed by atoms with van der Waals surface area (Å²) in [4.78, 5) is 19.0. The molecule has 1 saturated heterocycles. The van der Waals surface area contributed by atoms with Crippen molar-refractivity contribution in [2.45, 2.75) is 27.2 Å². The Labute approximate surface area is 177 Å². The number of nitrogens with one attached hydrogen (secondary N) is 2. The third kappa shape index (κ3) is 4.37. The van der Waals surface area contributed by atoms with E-state index in [0.29, 0.717) is 17.8 Å². The van der Waals surface area contributed by atoms with Crippen molar-refractivity contribution in [3.05, 3.63) is 64.1 Å². The summed E-state index contributed by atoms with van der Waals surface area (Å²) < 4.78 is 7.17. The van der Waals surface area contributed by atoms with Crippen LogP contribution in [0.3, 0.4) is 0 Å². The van der Waals surface area contributed by atoms with Crippen molar-refractivity contribution in [1.29, 1.82) is 0 Å². The smallest absolute Gasteiger partial charge is 0.256 e. The quantitative estimate of drug-likeness (QED) is 0.636. The molecule has 158 valence electrons. The van der Waals surface area contributed by atoms with Gasteiger partial charge in [-0.3, -0.25) is 4.79 Å². The molecular formula is C23H30N5O2+. The normalized spacial score (nSPS) is 14.9. The van der Waals surface area contributed by atoms with E-state index < -0.39 is 0 Å². The number of nitrogens with zero attached hydrogens (tertiary/aromatic N) is 3. The average molecular weight is 409 g/mol. The van der Waals surface area contributed by atoms with E-state index in [4.69, 9.17) is 9.72 Å². The molecule has 1 amide bonds. The highest BCUT2D eigenvalue weighted by atomic mass is 16.5. The Hall–Kier alpha value is -2.77. The maximum atomic E-state index is 12.8. The second-order valence-electron chi connectivity index (χ2n) is 8.09. The molecule has 3 aromatic rings. The van der Waals surface area contributed by atoms with Crippen molar-refractivity contribution in [2.75, 3.05) is 39.4 Å². The molecular weight excluding hydrogens is 378 g/mol. The molecule has 1 fully saturated rings. The van der Waals surface area contributed by atoms with Gasteiger partial charge in [-0.15, -0.1) is 0 Å². The summed E-state index contributed by atoms with van der Waals surface area (Å²) in [6.45, 7) is 11.3. The molecule has 0 aliphatic carbocycles. The first-order valence-corrected chi connectivity index (χ1v) is 10.6. The van der Waals surface area contributed by atoms with E-state index in [0.717, 1.165) is 56.2 Å². The Morgan fingerprint density at radius 1 is 1.17 bits per heavy atom. The van der Waals surface area contributed by atoms with Gasteiger partial charge in [0.15, 0.2) is 5.65 Å². The molecule has 1 aromatic carbocycles. The predicted molar refractivity (Wildman–Crippen MR) is 115 cm³/mol. The van der Waals surface area contributed by atoms with Crippen LogP contribution in [-0.4, -0.2) is 59.9 Å². The number of rotatable bonds is 6. The van der Waals surface area contributed by atoms with Crippen LogP contribution in [0.4, 0.5) is 0 Å². The van der Waals surface area contributed by atoms with Gasteiger partial charge in [0.05, 0.1) is 32.5 Å². The molecule has 1 aliphatic heterocycles. The van der Waals surface area contributed by atoms with Crippen LogP contribution in [0.25, 0.3) is 5.65 Å². The maximum Gasteiger partial charge on any atom is 0.256 e. The van der Waals surface area contributed by atoms with Crippen LogP contribution in [0.5, 0.6) is 0 Å². The highest BCUT2D eigenvalue weighted by Gasteiger charge is 2.19. The van der Waals surface area contributed by atoms with E-state index in [9.17, 15) is 4.79 Å². The Morgan fingerprint density at radius 2 is 1.90 bits per heavy atom. The second kappa shape index (κ2) is 8.93. The fourth-order valence-corrected chi connectivity index (χ4v) is 4.00. The number of hydrogen-bond donors (Lipinski definition) is 2. The summed E-state index contributed by atoms with van der Waals surface area (Å²) in [5.41, 5.74) is 6.75. The Kier molecular flexibility index (Phi) is 6.11. The van der Waals surface area contributed by atoms with Gasteiger partial charge in [-0.05, 0) is 31.9 Å². The molecule has 4 rings (SSSR count). The fraction of sp³-hybridized carbons (Fsp3) is 0.435. The molecule has 7 nitrogen and oxygen atoms in total. The molecule has 3 heterocycles. The van der Waals surface area contributed by atoms with Crippen molar-refractivity contribution in [3.8, 4) is 0 Å². The van der Waals surface area contributed by atoms with E-state index in [1.165, 1.54) is 16.0 Å². The number of fused-ring (bicyclic) bond motifs is 1. The molecule has 2 N–H and O–H groups in total. The van der Waals surface area contributed by atoms with Gasteiger partial charge in [-0.25, -0.2) is 9.50 Å². The number of aromatic nitrogens is 3. The first-order valence-electron chi connectivity index (χ1n) is 10.6. The summed E-state index contributed by atoms with van der Waals surface area (Å²) in [5.74, 6) is -0.116. The maximum absolute atomic E-state index is 12.8. The minimum atomic E-state index is -0.116. The van der Waals surface area contributed by atoms with E-state index in [1.807, 2.05) is 13.8 Å². The largest absolute Gasteiger partial charge is 0.370 e. The zero-order chi connectivity index (χ0) is 21.1. The van der Waals surface area contributed by atoms with Crippen LogP contribution in [-0.2, 0) is 11.2 Å². The third-order valence-corrected chi connectivity index (χ3v) is 5.92. The lowest BCUT2D eigenvalue weighted by Gasteiger charge is -2.23. The van der Waals surface area contributed by atoms with Crippen molar-refractivity contribution in [3.63, 3.8) is 0 Å². The molecule has 7 heteroatoms. The van der Waals surface area contributed by atoms with Gasteiger partial charge in [0.2, 0.25) is 0 Å². The van der Waals surface area contributed by atoms with Gasteiger partial charge in [0.1, 0.15) is 18.7 Å². The van der Waals surface area contributed by atoms with Crippen molar-refractivity contribution in [2.24, 2.45) is 0 Å². The Bertz CT molecular complexity index is 1040. The van der Waals surface area contributed by atoms with Crippen LogP contribution in [0.2, 0.25) is 0 Å². The van der Waals surface area contributed by atoms with Gasteiger partial charge in [0, 0.05) is 17.8 Å². The molecule has 0 radical (unpaired) electrons. The number of aryl methyl sites for hydroxylation is 3. The Balaban J connectivity index is 1.50. The topological polar surface area (TPSA) is 73.0 Å². The van der Waals surface area contributed by atoms with Gasteiger partial charge in [-0.2, -0.15) is 5.10 Å². The number of quaternary nitrogens is 1. The number of hydrogen-bond acceptors (Lipinski definition) is 4. The van der Waals surface area contributed by atoms with Crippen molar-refractivity contribution >= 4 is 11.6 Å². The second-order valence-corrected chi connectivity index (χ2v) is 8.09. The van der Waals surface area contributed by atoms with Gasteiger partial charge in [0.25, 0.3) is 5.91 Å². The molecule has 0 saturated carbocycles. The SMILES string of the molecule is Cc1ccc(Cc2c(C)nc3c(C(=O)NCC[NH+]4CCOCC4)cnn3c2C)cc1. The summed E-state index contributed by atoms with van der Waals surface area (Å²) in [6, 6.07) is 8.55. The molecule has 30 heavy (non-hydrogen) atoms. The zero-order valence-electron chi connectivity index (χ0n) is 18.0. The van der Waals surface area contributed by atoms with Crippen LogP contribution >= 0.6 is 0 Å². The first-order chi connectivity index (χ1) is 14.5. The molecule has 0 atom stereocenters. The molecule has 2 aromatic heterocycles. The number of benzene rings is 1. The lowest BCUT2D eigenvalue weighted by atomic mass is 10.0. The van der Waals surface area contributed by atoms with E-state index >= 15 is 0 Å². The monoisotopic (exact) mass is 408 g/mol. The highest BCUT2D eigenvalue weighted by molar-refractivity contribution is 5.99. The van der Waals surface area contributed by atoms with Crippen LogP contribution in [0, 0.1) is 20.8 Å². The molecule has 0 unspecified atom stereocenters. The van der Waals surface area contributed by atoms with Crippen molar-refractivity contribution < 1.29 is 14.4 Å². The Morgan fingerprint density at radius 3 is 2.63 bits per heavy atom. The van der Waals surface area contributed by atoms with E-state index in [2.05, 4.69) is 41.6 Å². The third-order valence-electron chi connectivity index (χ3n) is 5.92. The predicted octanol–water partition coefficient (Wildman–Crippen LogP) is 0.890.